The number of unbranched alkanes of at least 4 members (excludes halogenated alkanes) is 2. The summed E-state index contributed by atoms with van der Waals surface area (Å²) in [5.74, 6) is 0. The van der Waals surface area contributed by atoms with Crippen LogP contribution >= 0.6 is 0 Å². The van der Waals surface area contributed by atoms with E-state index < -0.39 is 8.07 Å². The van der Waals surface area contributed by atoms with E-state index in [0.29, 0.717) is 6.54 Å². The second kappa shape index (κ2) is 8.87. The highest BCUT2D eigenvalue weighted by Gasteiger charge is 2.25. The first-order valence-electron chi connectivity index (χ1n) is 6.28. The van der Waals surface area contributed by atoms with Crippen molar-refractivity contribution in [1.82, 2.24) is 0 Å². The molecule has 0 saturated heterocycles. The van der Waals surface area contributed by atoms with E-state index in [1.807, 2.05) is 0 Å². The lowest BCUT2D eigenvalue weighted by Gasteiger charge is -2.27. The largest absolute Gasteiger partial charge is 0.234 e. The third kappa shape index (κ3) is 5.91. The molecule has 0 aromatic heterocycles. The molecule has 0 amide bonds. The van der Waals surface area contributed by atoms with Gasteiger partial charge < -0.3 is 0 Å². The zero-order chi connectivity index (χ0) is 11.6. The topological polar surface area (TPSA) is 29.4 Å². The summed E-state index contributed by atoms with van der Waals surface area (Å²) in [6, 6.07) is 5.73. The number of carbonyl (C=O) groups excluding carboxylic acids is 1. The molecule has 0 heterocycles. The van der Waals surface area contributed by atoms with Crippen LogP contribution in [-0.4, -0.2) is 20.7 Å². The van der Waals surface area contributed by atoms with E-state index in [9.17, 15) is 4.79 Å². The number of hydrogen-bond acceptors (Lipinski definition) is 2. The minimum Gasteiger partial charge on any atom is -0.211 e. The van der Waals surface area contributed by atoms with E-state index in [1.54, 1.807) is 6.08 Å². The zero-order valence-electron chi connectivity index (χ0n) is 10.5. The van der Waals surface area contributed by atoms with Gasteiger partial charge in [-0.25, -0.2) is 9.79 Å². The Kier molecular flexibility index (Phi) is 8.63. The summed E-state index contributed by atoms with van der Waals surface area (Å²) < 4.78 is 0. The van der Waals surface area contributed by atoms with Crippen molar-refractivity contribution < 1.29 is 4.79 Å². The maximum Gasteiger partial charge on any atom is 0.234 e. The van der Waals surface area contributed by atoms with Gasteiger partial charge in [0.1, 0.15) is 0 Å². The Morgan fingerprint density at radius 3 is 2.07 bits per heavy atom. The minimum absolute atomic E-state index is 0.669. The number of isocyanates is 1. The highest BCUT2D eigenvalue weighted by molar-refractivity contribution is 6.79. The third-order valence-electron chi connectivity index (χ3n) is 3.79. The Hall–Kier alpha value is -0.403. The molecule has 0 rings (SSSR count). The number of hydrogen-bond donors (Lipinski definition) is 0. The van der Waals surface area contributed by atoms with Crippen LogP contribution in [0.5, 0.6) is 0 Å². The average Bonchev–Trinajstić information content (AvgIpc) is 2.29. The second-order valence-corrected chi connectivity index (χ2v) is 9.97. The molecule has 15 heavy (non-hydrogen) atoms. The van der Waals surface area contributed by atoms with Crippen LogP contribution in [0.4, 0.5) is 0 Å². The van der Waals surface area contributed by atoms with Crippen molar-refractivity contribution in [2.45, 2.75) is 64.2 Å². The molecule has 0 aliphatic rings. The van der Waals surface area contributed by atoms with Gasteiger partial charge in [0.15, 0.2) is 0 Å². The van der Waals surface area contributed by atoms with Gasteiger partial charge in [-0.05, 0) is 6.42 Å². The molecule has 0 unspecified atom stereocenters. The van der Waals surface area contributed by atoms with Gasteiger partial charge in [0.25, 0.3) is 0 Å². The summed E-state index contributed by atoms with van der Waals surface area (Å²) in [6.07, 6.45) is 5.20. The molecule has 0 aliphatic carbocycles. The van der Waals surface area contributed by atoms with E-state index in [-0.39, 0.29) is 0 Å². The fourth-order valence-corrected chi connectivity index (χ4v) is 5.75. The van der Waals surface area contributed by atoms with E-state index in [2.05, 4.69) is 25.8 Å². The second-order valence-electron chi connectivity index (χ2n) is 4.34. The van der Waals surface area contributed by atoms with E-state index in [0.717, 1.165) is 6.42 Å². The van der Waals surface area contributed by atoms with Gasteiger partial charge in [-0.3, -0.25) is 0 Å². The normalized spacial score (nSPS) is 11.1. The van der Waals surface area contributed by atoms with Crippen LogP contribution in [0, 0.1) is 0 Å². The average molecular weight is 227 g/mol. The molecule has 0 aromatic rings. The first kappa shape index (κ1) is 14.6. The monoisotopic (exact) mass is 227 g/mol. The summed E-state index contributed by atoms with van der Waals surface area (Å²) in [7, 11) is -0.894. The first-order chi connectivity index (χ1) is 7.24. The smallest absolute Gasteiger partial charge is 0.211 e. The minimum atomic E-state index is -0.894. The van der Waals surface area contributed by atoms with Crippen LogP contribution in [0.15, 0.2) is 4.99 Å². The summed E-state index contributed by atoms with van der Waals surface area (Å²) in [6.45, 7) is 7.74. The molecule has 0 bridgehead atoms. The van der Waals surface area contributed by atoms with Gasteiger partial charge >= 0.3 is 0 Å². The Balaban J connectivity index is 3.66. The molecule has 0 atom stereocenters. The standard InChI is InChI=1S/C12H25NOSi/c1-4-15(5-2,6-3)11-9-7-8-10-13-12-14/h4-11H2,1-3H3. The van der Waals surface area contributed by atoms with Crippen molar-refractivity contribution in [3.63, 3.8) is 0 Å². The molecule has 0 fully saturated rings. The zero-order valence-corrected chi connectivity index (χ0v) is 11.5. The highest BCUT2D eigenvalue weighted by Crippen LogP contribution is 2.27. The maximum absolute atomic E-state index is 9.85. The molecule has 88 valence electrons. The van der Waals surface area contributed by atoms with Crippen molar-refractivity contribution in [2.24, 2.45) is 4.99 Å². The Bertz CT molecular complexity index is 188. The molecule has 0 spiro atoms. The SMILES string of the molecule is CC[Si](CC)(CC)CCCCCN=C=O. The van der Waals surface area contributed by atoms with Crippen molar-refractivity contribution in [1.29, 1.82) is 0 Å². The molecular formula is C12H25NOSi. The van der Waals surface area contributed by atoms with Gasteiger partial charge in [-0.2, -0.15) is 0 Å². The van der Waals surface area contributed by atoms with Crippen LogP contribution in [0.1, 0.15) is 40.0 Å². The molecule has 0 N–H and O–H groups in total. The predicted molar refractivity (Wildman–Crippen MR) is 68.8 cm³/mol. The number of aliphatic imine (C=N–C) groups is 1. The summed E-state index contributed by atoms with van der Waals surface area (Å²) >= 11 is 0. The first-order valence-corrected chi connectivity index (χ1v) is 9.11. The molecule has 2 nitrogen and oxygen atoms in total. The third-order valence-corrected chi connectivity index (χ3v) is 9.71. The maximum atomic E-state index is 9.85. The summed E-state index contributed by atoms with van der Waals surface area (Å²) in [5, 5.41) is 0. The Labute approximate surface area is 95.2 Å². The van der Waals surface area contributed by atoms with Gasteiger partial charge in [-0.15, -0.1) is 0 Å². The van der Waals surface area contributed by atoms with Crippen molar-refractivity contribution in [3.8, 4) is 0 Å². The Morgan fingerprint density at radius 2 is 1.60 bits per heavy atom. The van der Waals surface area contributed by atoms with Crippen LogP contribution in [0.3, 0.4) is 0 Å². The lowest BCUT2D eigenvalue weighted by atomic mass is 10.2. The van der Waals surface area contributed by atoms with Crippen LogP contribution in [-0.2, 0) is 4.79 Å². The van der Waals surface area contributed by atoms with Gasteiger partial charge in [0, 0.05) is 0 Å². The van der Waals surface area contributed by atoms with E-state index in [4.69, 9.17) is 0 Å². The number of nitrogens with zero attached hydrogens (tertiary/aromatic N) is 1. The van der Waals surface area contributed by atoms with Crippen molar-refractivity contribution in [2.75, 3.05) is 6.54 Å². The van der Waals surface area contributed by atoms with E-state index in [1.165, 1.54) is 37.0 Å². The van der Waals surface area contributed by atoms with Crippen molar-refractivity contribution >= 4 is 14.2 Å². The van der Waals surface area contributed by atoms with Crippen LogP contribution in [0.2, 0.25) is 24.2 Å². The Morgan fingerprint density at radius 1 is 1.00 bits per heavy atom. The van der Waals surface area contributed by atoms with E-state index >= 15 is 0 Å². The summed E-state index contributed by atoms with van der Waals surface area (Å²) in [5.41, 5.74) is 0. The fraction of sp³-hybridized carbons (Fsp3) is 0.917. The molecule has 0 radical (unpaired) electrons. The van der Waals surface area contributed by atoms with Gasteiger partial charge in [-0.1, -0.05) is 57.8 Å². The lowest BCUT2D eigenvalue weighted by Crippen LogP contribution is -2.30. The highest BCUT2D eigenvalue weighted by atomic mass is 28.3. The van der Waals surface area contributed by atoms with Gasteiger partial charge in [0.2, 0.25) is 6.08 Å². The lowest BCUT2D eigenvalue weighted by molar-refractivity contribution is 0.561. The van der Waals surface area contributed by atoms with Crippen LogP contribution in [0.25, 0.3) is 0 Å². The molecular weight excluding hydrogens is 202 g/mol. The quantitative estimate of drug-likeness (QED) is 0.253. The summed E-state index contributed by atoms with van der Waals surface area (Å²) in [4.78, 5) is 13.4. The molecule has 3 heteroatoms. The fourth-order valence-electron chi connectivity index (χ4n) is 2.19. The van der Waals surface area contributed by atoms with Gasteiger partial charge in [0.05, 0.1) is 14.6 Å². The number of rotatable bonds is 9. The predicted octanol–water partition coefficient (Wildman–Crippen LogP) is 4.00. The van der Waals surface area contributed by atoms with Crippen LogP contribution < -0.4 is 0 Å². The van der Waals surface area contributed by atoms with Crippen molar-refractivity contribution in [3.05, 3.63) is 0 Å². The molecule has 0 saturated carbocycles. The molecule has 0 aromatic carbocycles. The molecule has 0 aliphatic heterocycles.